The van der Waals surface area contributed by atoms with Gasteiger partial charge in [-0.3, -0.25) is 49.0 Å². The van der Waals surface area contributed by atoms with E-state index in [1.165, 1.54) is 74.5 Å². The summed E-state index contributed by atoms with van der Waals surface area (Å²) in [7, 11) is 0. The molecule has 1 aliphatic rings. The van der Waals surface area contributed by atoms with E-state index >= 15 is 0 Å². The molecule has 1 aromatic heterocycles. The van der Waals surface area contributed by atoms with Gasteiger partial charge in [0.1, 0.15) is 46.9 Å². The van der Waals surface area contributed by atoms with Crippen LogP contribution in [0.3, 0.4) is 0 Å². The molecule has 2 heterocycles. The zero-order chi connectivity index (χ0) is 84.3. The van der Waals surface area contributed by atoms with Crippen LogP contribution in [0.4, 0.5) is 62.4 Å². The molecule has 0 bridgehead atoms. The standard InChI is InChI=1S/C13H18F3N3.C12H12FNO2.C11H12FIO2.C11H12FNO4.C11H14FNO2.C10H8FNO2.C9H8FNO4/c1-9-4-6-19(7-5-9)12-10(8-17)2-3-11(18-12)13(14,15)16;1-3-16-12(15)8(2)9-4-5-10(7-14)11(13)6-9;1-3-15-11(14)7(2)8-4-5-10(13)9(12)6-8;1-3-17-11(14)7(2)8-4-5-10(13(15)16)9(12)6-8;1-3-15-11(14)7(2)8-4-5-10(13)9(12)6-8;1-6(10(13)14)7-2-3-8(5-12)9(11)4-7;1-5(9(12)13)6-2-3-8(11(14)15)7(10)4-6/h2-3,9H,4-8,17H2,1H3;4-6,8H,3H2,1-2H3;4-7H,3H2,1-2H3;4-7H,3H2,1-2H3;4-7H,3,13H2,1-2H3;2-4,6H,1H3,(H,13,14);2-5H,1H3,(H,12,13). The van der Waals surface area contributed by atoms with Crippen molar-refractivity contribution in [1.82, 2.24) is 4.98 Å². The smallest absolute Gasteiger partial charge is 0.433 e. The van der Waals surface area contributed by atoms with Gasteiger partial charge in [-0.2, -0.15) is 32.5 Å². The van der Waals surface area contributed by atoms with Gasteiger partial charge in [-0.25, -0.2) is 22.5 Å². The molecule has 6 atom stereocenters. The number of hydrogen-bond donors (Lipinski definition) is 4. The van der Waals surface area contributed by atoms with Gasteiger partial charge in [0.2, 0.25) is 11.6 Å². The van der Waals surface area contributed by atoms with Gasteiger partial charge in [-0.05, 0) is 211 Å². The van der Waals surface area contributed by atoms with Crippen LogP contribution in [-0.4, -0.2) is 100 Å². The van der Waals surface area contributed by atoms with E-state index in [2.05, 4.69) is 11.9 Å². The lowest BCUT2D eigenvalue weighted by Gasteiger charge is -2.32. The Hall–Kier alpha value is -11.3. The average molecular weight is 1680 g/mol. The fraction of sp³-hybridized carbons (Fsp3) is 0.364. The van der Waals surface area contributed by atoms with E-state index in [9.17, 15) is 88.5 Å². The molecule has 0 saturated carbocycles. The van der Waals surface area contributed by atoms with Crippen LogP contribution in [0.25, 0.3) is 0 Å². The maximum Gasteiger partial charge on any atom is 0.433 e. The minimum atomic E-state index is -4.41. The Labute approximate surface area is 647 Å². The van der Waals surface area contributed by atoms with Crippen LogP contribution in [0.2, 0.25) is 0 Å². The van der Waals surface area contributed by atoms with Crippen LogP contribution in [0.15, 0.2) is 121 Å². The number of anilines is 2. The first kappa shape index (κ1) is 95.8. The van der Waals surface area contributed by atoms with Crippen LogP contribution in [-0.2, 0) is 60.4 Å². The topological polar surface area (TPSA) is 382 Å². The normalized spacial score (nSPS) is 13.0. The maximum absolute atomic E-state index is 13.3. The van der Waals surface area contributed by atoms with Crippen molar-refractivity contribution in [2.45, 2.75) is 137 Å². The molecular formula is C77H84F9IN8O16. The van der Waals surface area contributed by atoms with Crippen molar-refractivity contribution in [2.75, 3.05) is 50.2 Å². The molecule has 111 heavy (non-hydrogen) atoms. The van der Waals surface area contributed by atoms with Crippen molar-refractivity contribution in [2.24, 2.45) is 11.7 Å². The summed E-state index contributed by atoms with van der Waals surface area (Å²) in [5.74, 6) is -10.5. The number of halogens is 10. The first-order chi connectivity index (χ1) is 52.1. The SMILES string of the molecule is CC(C(=O)O)c1ccc(C#N)c(F)c1.CC(C(=O)O)c1ccc([N+](=O)[O-])c(F)c1.CC1CCN(c2nc(C(F)(F)F)ccc2CN)CC1.CCOC(=O)C(C)c1ccc(C#N)c(F)c1.CCOC(=O)C(C)c1ccc(I)c(F)c1.CCOC(=O)C(C)c1ccc(N)c(F)c1.CCOC(=O)C(C)c1ccc([N+](=O)[O-])c(F)c1. The highest BCUT2D eigenvalue weighted by molar-refractivity contribution is 14.1. The Bertz CT molecular complexity index is 4370. The van der Waals surface area contributed by atoms with Crippen molar-refractivity contribution in [3.63, 3.8) is 0 Å². The zero-order valence-corrected chi connectivity index (χ0v) is 64.3. The summed E-state index contributed by atoms with van der Waals surface area (Å²) in [6, 6.07) is 29.3. The second-order valence-electron chi connectivity index (χ2n) is 24.2. The quantitative estimate of drug-likeness (QED) is 0.0105. The molecule has 8 rings (SSSR count). The Morgan fingerprint density at radius 2 is 0.847 bits per heavy atom. The first-order valence-corrected chi connectivity index (χ1v) is 35.1. The number of nitriles is 2. The summed E-state index contributed by atoms with van der Waals surface area (Å²) in [4.78, 5) is 91.4. The number of nitro benzene ring substituents is 2. The molecular weight excluding hydrogens is 1590 g/mol. The lowest BCUT2D eigenvalue weighted by Crippen LogP contribution is -2.34. The van der Waals surface area contributed by atoms with Crippen molar-refractivity contribution >= 4 is 81.3 Å². The molecule has 34 heteroatoms. The van der Waals surface area contributed by atoms with E-state index in [0.717, 1.165) is 62.3 Å². The Kier molecular flexibility index (Phi) is 40.5. The van der Waals surface area contributed by atoms with Crippen LogP contribution in [0.1, 0.15) is 180 Å². The van der Waals surface area contributed by atoms with Crippen molar-refractivity contribution in [3.05, 3.63) is 236 Å². The summed E-state index contributed by atoms with van der Waals surface area (Å²) in [5, 5.41) is 55.0. The number of nitrogen functional groups attached to an aromatic ring is 1. The minimum Gasteiger partial charge on any atom is -0.481 e. The number of ether oxygens (including phenoxy) is 4. The molecule has 0 amide bonds. The highest BCUT2D eigenvalue weighted by atomic mass is 127. The predicted octanol–water partition coefficient (Wildman–Crippen LogP) is 16.5. The summed E-state index contributed by atoms with van der Waals surface area (Å²) in [6.45, 7) is 21.3. The number of aromatic nitrogens is 1. The first-order valence-electron chi connectivity index (χ1n) is 34.0. The number of carbonyl (C=O) groups excluding carboxylic acids is 4. The number of esters is 4. The maximum atomic E-state index is 13.3. The number of nitrogens with zero attached hydrogens (tertiary/aromatic N) is 6. The average Bonchev–Trinajstić information content (AvgIpc) is 0.804. The summed E-state index contributed by atoms with van der Waals surface area (Å²) in [5.41, 5.74) is 12.1. The molecule has 598 valence electrons. The highest BCUT2D eigenvalue weighted by Crippen LogP contribution is 2.33. The van der Waals surface area contributed by atoms with E-state index in [1.807, 2.05) is 27.5 Å². The molecule has 6 unspecified atom stereocenters. The minimum absolute atomic E-state index is 0.0280. The van der Waals surface area contributed by atoms with Gasteiger partial charge in [0, 0.05) is 40.9 Å². The largest absolute Gasteiger partial charge is 0.481 e. The third-order valence-corrected chi connectivity index (χ3v) is 17.3. The predicted molar refractivity (Wildman–Crippen MR) is 398 cm³/mol. The summed E-state index contributed by atoms with van der Waals surface area (Å²) in [6.07, 6.45) is -2.46. The van der Waals surface area contributed by atoms with Crippen LogP contribution in [0.5, 0.6) is 0 Å². The van der Waals surface area contributed by atoms with E-state index in [0.29, 0.717) is 68.5 Å². The number of aliphatic carboxylic acids is 2. The zero-order valence-electron chi connectivity index (χ0n) is 62.2. The summed E-state index contributed by atoms with van der Waals surface area (Å²) < 4.78 is 137. The number of hydrogen-bond acceptors (Lipinski definition) is 20. The van der Waals surface area contributed by atoms with Gasteiger partial charge in [0.15, 0.2) is 0 Å². The highest BCUT2D eigenvalue weighted by Gasteiger charge is 2.34. The third kappa shape index (κ3) is 30.6. The molecule has 24 nitrogen and oxygen atoms in total. The van der Waals surface area contributed by atoms with Crippen molar-refractivity contribution in [1.29, 1.82) is 10.5 Å². The second kappa shape index (κ2) is 46.9. The molecule has 6 N–H and O–H groups in total. The van der Waals surface area contributed by atoms with E-state index < -0.39 is 122 Å². The number of carboxylic acid groups (broad SMARTS) is 2. The number of carboxylic acids is 2. The van der Waals surface area contributed by atoms with Gasteiger partial charge in [0.25, 0.3) is 0 Å². The number of nitro groups is 2. The molecule has 0 aliphatic carbocycles. The van der Waals surface area contributed by atoms with Crippen LogP contribution >= 0.6 is 22.6 Å². The van der Waals surface area contributed by atoms with E-state index in [-0.39, 0.29) is 53.3 Å². The molecule has 7 aromatic rings. The Balaban J connectivity index is 0.000000440. The van der Waals surface area contributed by atoms with Gasteiger partial charge >= 0.3 is 53.4 Å². The van der Waals surface area contributed by atoms with Crippen molar-refractivity contribution in [3.8, 4) is 12.1 Å². The van der Waals surface area contributed by atoms with Gasteiger partial charge < -0.3 is 45.5 Å². The van der Waals surface area contributed by atoms with Gasteiger partial charge in [-0.15, -0.1) is 0 Å². The van der Waals surface area contributed by atoms with Crippen LogP contribution < -0.4 is 16.4 Å². The lowest BCUT2D eigenvalue weighted by molar-refractivity contribution is -0.387. The Morgan fingerprint density at radius 1 is 0.532 bits per heavy atom. The van der Waals surface area contributed by atoms with Crippen LogP contribution in [0, 0.1) is 87.3 Å². The third-order valence-electron chi connectivity index (χ3n) is 16.4. The molecule has 1 saturated heterocycles. The molecule has 6 aromatic carbocycles. The number of piperidine rings is 1. The van der Waals surface area contributed by atoms with E-state index in [1.54, 1.807) is 91.8 Å². The van der Waals surface area contributed by atoms with Gasteiger partial charge in [-0.1, -0.05) is 49.4 Å². The number of pyridine rings is 1. The molecule has 1 aliphatic heterocycles. The number of carbonyl (C=O) groups is 6. The van der Waals surface area contributed by atoms with Crippen molar-refractivity contribution < 1.29 is 107 Å². The Morgan fingerprint density at radius 3 is 1.14 bits per heavy atom. The second-order valence-corrected chi connectivity index (χ2v) is 25.3. The van der Waals surface area contributed by atoms with E-state index in [4.69, 9.17) is 51.2 Å². The summed E-state index contributed by atoms with van der Waals surface area (Å²) >= 11 is 1.91. The lowest BCUT2D eigenvalue weighted by atomic mass is 9.99. The number of rotatable bonds is 20. The molecule has 1 fully saturated rings. The molecule has 0 radical (unpaired) electrons. The molecule has 0 spiro atoms. The fourth-order valence-electron chi connectivity index (χ4n) is 9.45. The fourth-order valence-corrected chi connectivity index (χ4v) is 9.78. The monoisotopic (exact) mass is 1670 g/mol. The number of alkyl halides is 3. The van der Waals surface area contributed by atoms with Gasteiger partial charge in [0.05, 0.1) is 88.6 Å². The number of benzene rings is 6. The number of nitrogens with two attached hydrogens (primary N) is 2.